The molecule has 100 valence electrons. The SMILES string of the molecule is COc1cc(/C(C)=N/O)ccc1OCC(O)CO. The zero-order valence-corrected chi connectivity index (χ0v) is 10.3. The van der Waals surface area contributed by atoms with Gasteiger partial charge in [0.15, 0.2) is 11.5 Å². The normalized spacial score (nSPS) is 13.2. The Morgan fingerprint density at radius 3 is 2.67 bits per heavy atom. The van der Waals surface area contributed by atoms with Gasteiger partial charge in [-0.1, -0.05) is 5.16 Å². The summed E-state index contributed by atoms with van der Waals surface area (Å²) in [7, 11) is 1.49. The average molecular weight is 255 g/mol. The van der Waals surface area contributed by atoms with Crippen LogP contribution in [0.25, 0.3) is 0 Å². The Morgan fingerprint density at radius 2 is 2.11 bits per heavy atom. The van der Waals surface area contributed by atoms with E-state index >= 15 is 0 Å². The van der Waals surface area contributed by atoms with Gasteiger partial charge >= 0.3 is 0 Å². The molecule has 0 aliphatic carbocycles. The lowest BCUT2D eigenvalue weighted by Gasteiger charge is -2.13. The number of ether oxygens (including phenoxy) is 2. The molecule has 0 aliphatic rings. The van der Waals surface area contributed by atoms with Crippen molar-refractivity contribution in [2.24, 2.45) is 5.16 Å². The summed E-state index contributed by atoms with van der Waals surface area (Å²) in [5, 5.41) is 29.7. The summed E-state index contributed by atoms with van der Waals surface area (Å²) in [6.07, 6.45) is -0.935. The molecule has 0 amide bonds. The first-order valence-electron chi connectivity index (χ1n) is 5.41. The van der Waals surface area contributed by atoms with Gasteiger partial charge < -0.3 is 24.9 Å². The molecule has 1 aromatic carbocycles. The molecule has 0 saturated heterocycles. The van der Waals surface area contributed by atoms with E-state index in [1.165, 1.54) is 7.11 Å². The number of nitrogens with zero attached hydrogens (tertiary/aromatic N) is 1. The molecule has 6 heteroatoms. The maximum atomic E-state index is 9.20. The van der Waals surface area contributed by atoms with Gasteiger partial charge in [-0.25, -0.2) is 0 Å². The smallest absolute Gasteiger partial charge is 0.161 e. The lowest BCUT2D eigenvalue weighted by Crippen LogP contribution is -2.21. The molecule has 3 N–H and O–H groups in total. The summed E-state index contributed by atoms with van der Waals surface area (Å²) in [5.74, 6) is 0.903. The highest BCUT2D eigenvalue weighted by Gasteiger charge is 2.10. The van der Waals surface area contributed by atoms with Crippen LogP contribution in [0.1, 0.15) is 12.5 Å². The van der Waals surface area contributed by atoms with Crippen molar-refractivity contribution < 1.29 is 24.9 Å². The van der Waals surface area contributed by atoms with Crippen LogP contribution in [0, 0.1) is 0 Å². The molecule has 1 unspecified atom stereocenters. The number of aliphatic hydroxyl groups is 2. The molecular weight excluding hydrogens is 238 g/mol. The van der Waals surface area contributed by atoms with Gasteiger partial charge in [0, 0.05) is 5.56 Å². The van der Waals surface area contributed by atoms with Crippen LogP contribution >= 0.6 is 0 Å². The van der Waals surface area contributed by atoms with Crippen molar-refractivity contribution in [2.45, 2.75) is 13.0 Å². The van der Waals surface area contributed by atoms with Gasteiger partial charge in [-0.15, -0.1) is 0 Å². The second kappa shape index (κ2) is 6.83. The molecule has 6 nitrogen and oxygen atoms in total. The minimum absolute atomic E-state index is 0.0285. The molecule has 0 saturated carbocycles. The van der Waals surface area contributed by atoms with E-state index in [0.717, 1.165) is 0 Å². The molecule has 1 aromatic rings. The third-order valence-electron chi connectivity index (χ3n) is 2.37. The highest BCUT2D eigenvalue weighted by atomic mass is 16.5. The topological polar surface area (TPSA) is 91.5 Å². The standard InChI is InChI=1S/C12H17NO5/c1-8(13-16)9-3-4-11(12(5-9)17-2)18-7-10(15)6-14/h3-5,10,14-16H,6-7H2,1-2H3/b13-8+. The summed E-state index contributed by atoms with van der Waals surface area (Å²) < 4.78 is 10.5. The Morgan fingerprint density at radius 1 is 1.39 bits per heavy atom. The molecule has 0 heterocycles. The van der Waals surface area contributed by atoms with Crippen LogP contribution < -0.4 is 9.47 Å². The van der Waals surface area contributed by atoms with Gasteiger partial charge in [-0.05, 0) is 25.1 Å². The van der Waals surface area contributed by atoms with E-state index in [9.17, 15) is 5.11 Å². The van der Waals surface area contributed by atoms with Crippen LogP contribution in [0.15, 0.2) is 23.4 Å². The van der Waals surface area contributed by atoms with Crippen molar-refractivity contribution in [2.75, 3.05) is 20.3 Å². The number of hydrogen-bond acceptors (Lipinski definition) is 6. The lowest BCUT2D eigenvalue weighted by atomic mass is 10.1. The Kier molecular flexibility index (Phi) is 5.41. The van der Waals surface area contributed by atoms with Crippen LogP contribution in [-0.2, 0) is 0 Å². The molecule has 0 aliphatic heterocycles. The molecule has 0 fully saturated rings. The van der Waals surface area contributed by atoms with E-state index in [-0.39, 0.29) is 13.2 Å². The number of methoxy groups -OCH3 is 1. The fourth-order valence-corrected chi connectivity index (χ4v) is 1.31. The Hall–Kier alpha value is -1.79. The fourth-order valence-electron chi connectivity index (χ4n) is 1.31. The van der Waals surface area contributed by atoms with E-state index in [0.29, 0.717) is 22.8 Å². The van der Waals surface area contributed by atoms with E-state index in [4.69, 9.17) is 19.8 Å². The van der Waals surface area contributed by atoms with Gasteiger partial charge in [0.25, 0.3) is 0 Å². The molecule has 18 heavy (non-hydrogen) atoms. The van der Waals surface area contributed by atoms with E-state index in [1.54, 1.807) is 25.1 Å². The van der Waals surface area contributed by atoms with Crippen molar-refractivity contribution in [3.8, 4) is 11.5 Å². The maximum Gasteiger partial charge on any atom is 0.161 e. The summed E-state index contributed by atoms with van der Waals surface area (Å²) in [6, 6.07) is 5.01. The molecular formula is C12H17NO5. The van der Waals surface area contributed by atoms with Crippen molar-refractivity contribution in [3.63, 3.8) is 0 Å². The summed E-state index contributed by atoms with van der Waals surface area (Å²) in [5.41, 5.74) is 1.15. The second-order valence-electron chi connectivity index (χ2n) is 3.70. The number of hydrogen-bond donors (Lipinski definition) is 3. The third-order valence-corrected chi connectivity index (χ3v) is 2.37. The Balaban J connectivity index is 2.87. The summed E-state index contributed by atoms with van der Waals surface area (Å²) in [6.45, 7) is 1.26. The number of benzene rings is 1. The third kappa shape index (κ3) is 3.61. The quantitative estimate of drug-likeness (QED) is 0.394. The fraction of sp³-hybridized carbons (Fsp3) is 0.417. The Labute approximate surface area is 105 Å². The monoisotopic (exact) mass is 255 g/mol. The van der Waals surface area contributed by atoms with Gasteiger partial charge in [-0.2, -0.15) is 0 Å². The van der Waals surface area contributed by atoms with Crippen molar-refractivity contribution >= 4 is 5.71 Å². The largest absolute Gasteiger partial charge is 0.493 e. The van der Waals surface area contributed by atoms with E-state index < -0.39 is 6.10 Å². The molecule has 0 radical (unpaired) electrons. The van der Waals surface area contributed by atoms with Crippen molar-refractivity contribution in [3.05, 3.63) is 23.8 Å². The highest BCUT2D eigenvalue weighted by Crippen LogP contribution is 2.28. The molecule has 1 atom stereocenters. The van der Waals surface area contributed by atoms with Gasteiger partial charge in [-0.3, -0.25) is 0 Å². The zero-order valence-electron chi connectivity index (χ0n) is 10.3. The van der Waals surface area contributed by atoms with Crippen molar-refractivity contribution in [1.29, 1.82) is 0 Å². The predicted molar refractivity (Wildman–Crippen MR) is 65.6 cm³/mol. The van der Waals surface area contributed by atoms with Gasteiger partial charge in [0.1, 0.15) is 12.7 Å². The first kappa shape index (κ1) is 14.3. The molecule has 0 spiro atoms. The van der Waals surface area contributed by atoms with Gasteiger partial charge in [0.05, 0.1) is 19.4 Å². The number of aliphatic hydroxyl groups excluding tert-OH is 2. The minimum atomic E-state index is -0.935. The maximum absolute atomic E-state index is 9.20. The molecule has 0 bridgehead atoms. The van der Waals surface area contributed by atoms with Crippen molar-refractivity contribution in [1.82, 2.24) is 0 Å². The van der Waals surface area contributed by atoms with Crippen LogP contribution in [-0.4, -0.2) is 47.6 Å². The second-order valence-corrected chi connectivity index (χ2v) is 3.70. The zero-order chi connectivity index (χ0) is 13.5. The first-order chi connectivity index (χ1) is 8.62. The lowest BCUT2D eigenvalue weighted by molar-refractivity contribution is 0.0527. The summed E-state index contributed by atoms with van der Waals surface area (Å²) in [4.78, 5) is 0. The van der Waals surface area contributed by atoms with Crippen LogP contribution in [0.5, 0.6) is 11.5 Å². The first-order valence-corrected chi connectivity index (χ1v) is 5.41. The number of rotatable bonds is 6. The highest BCUT2D eigenvalue weighted by molar-refractivity contribution is 5.98. The van der Waals surface area contributed by atoms with E-state index in [2.05, 4.69) is 5.16 Å². The van der Waals surface area contributed by atoms with Crippen LogP contribution in [0.3, 0.4) is 0 Å². The Bertz CT molecular complexity index is 419. The average Bonchev–Trinajstić information content (AvgIpc) is 2.43. The van der Waals surface area contributed by atoms with Crippen LogP contribution in [0.4, 0.5) is 0 Å². The van der Waals surface area contributed by atoms with Gasteiger partial charge in [0.2, 0.25) is 0 Å². The minimum Gasteiger partial charge on any atom is -0.493 e. The molecule has 0 aromatic heterocycles. The summed E-state index contributed by atoms with van der Waals surface area (Å²) >= 11 is 0. The van der Waals surface area contributed by atoms with Crippen LogP contribution in [0.2, 0.25) is 0 Å². The molecule has 1 rings (SSSR count). The van der Waals surface area contributed by atoms with E-state index in [1.807, 2.05) is 0 Å². The number of oxime groups is 1. The predicted octanol–water partition coefficient (Wildman–Crippen LogP) is 0.625.